The van der Waals surface area contributed by atoms with Gasteiger partial charge in [0.05, 0.1) is 0 Å². The molecule has 2 amide bonds. The highest BCUT2D eigenvalue weighted by molar-refractivity contribution is 5.84. The van der Waals surface area contributed by atoms with E-state index in [0.717, 1.165) is 12.8 Å². The third kappa shape index (κ3) is 3.96. The molecule has 0 spiro atoms. The Kier molecular flexibility index (Phi) is 5.22. The SMILES string of the molecule is O=C(OC(=O)N1CCCC1C1CCC(F)(F)CC1)N1CCNCC1. The van der Waals surface area contributed by atoms with Crippen molar-refractivity contribution in [1.82, 2.24) is 15.1 Å². The van der Waals surface area contributed by atoms with Crippen LogP contribution in [0.1, 0.15) is 38.5 Å². The highest BCUT2D eigenvalue weighted by Gasteiger charge is 2.42. The second-order valence-corrected chi connectivity index (χ2v) is 6.97. The van der Waals surface area contributed by atoms with Crippen molar-refractivity contribution in [2.45, 2.75) is 50.5 Å². The van der Waals surface area contributed by atoms with Crippen LogP contribution in [-0.2, 0) is 4.74 Å². The summed E-state index contributed by atoms with van der Waals surface area (Å²) < 4.78 is 31.7. The molecule has 24 heavy (non-hydrogen) atoms. The Morgan fingerprint density at radius 1 is 1.00 bits per heavy atom. The number of carbonyl (C=O) groups is 2. The summed E-state index contributed by atoms with van der Waals surface area (Å²) in [6, 6.07) is -0.0792. The Bertz CT molecular complexity index is 473. The van der Waals surface area contributed by atoms with Gasteiger partial charge in [-0.15, -0.1) is 0 Å². The molecule has 6 nitrogen and oxygen atoms in total. The molecule has 0 bridgehead atoms. The lowest BCUT2D eigenvalue weighted by atomic mass is 9.81. The largest absolute Gasteiger partial charge is 0.419 e. The first-order valence-corrected chi connectivity index (χ1v) is 8.82. The number of carbonyl (C=O) groups excluding carboxylic acids is 2. The van der Waals surface area contributed by atoms with E-state index < -0.39 is 18.1 Å². The molecule has 1 N–H and O–H groups in total. The van der Waals surface area contributed by atoms with Gasteiger partial charge in [-0.2, -0.15) is 0 Å². The molecule has 136 valence electrons. The first-order valence-electron chi connectivity index (χ1n) is 8.82. The van der Waals surface area contributed by atoms with Gasteiger partial charge in [0, 0.05) is 51.6 Å². The number of ether oxygens (including phenoxy) is 1. The van der Waals surface area contributed by atoms with Crippen molar-refractivity contribution >= 4 is 12.2 Å². The zero-order valence-corrected chi connectivity index (χ0v) is 13.8. The van der Waals surface area contributed by atoms with E-state index in [1.807, 2.05) is 0 Å². The molecular weight excluding hydrogens is 320 g/mol. The van der Waals surface area contributed by atoms with Crippen LogP contribution in [0, 0.1) is 5.92 Å². The zero-order chi connectivity index (χ0) is 17.2. The fourth-order valence-electron chi connectivity index (χ4n) is 4.00. The molecule has 1 aliphatic carbocycles. The molecular formula is C16H25F2N3O3. The van der Waals surface area contributed by atoms with Gasteiger partial charge in [-0.3, -0.25) is 0 Å². The van der Waals surface area contributed by atoms with Gasteiger partial charge in [0.1, 0.15) is 0 Å². The van der Waals surface area contributed by atoms with Crippen LogP contribution >= 0.6 is 0 Å². The fraction of sp³-hybridized carbons (Fsp3) is 0.875. The zero-order valence-electron chi connectivity index (χ0n) is 13.8. The van der Waals surface area contributed by atoms with Gasteiger partial charge in [-0.1, -0.05) is 0 Å². The number of nitrogens with one attached hydrogen (secondary N) is 1. The van der Waals surface area contributed by atoms with Crippen molar-refractivity contribution in [2.24, 2.45) is 5.92 Å². The normalized spacial score (nSPS) is 28.0. The molecule has 3 rings (SSSR count). The number of piperazine rings is 1. The van der Waals surface area contributed by atoms with Gasteiger partial charge in [0.25, 0.3) is 0 Å². The minimum Gasteiger partial charge on any atom is -0.359 e. The first-order chi connectivity index (χ1) is 11.5. The van der Waals surface area contributed by atoms with Crippen LogP contribution in [0.15, 0.2) is 0 Å². The Balaban J connectivity index is 1.54. The minimum absolute atomic E-state index is 0.0777. The number of nitrogens with zero attached hydrogens (tertiary/aromatic N) is 2. The third-order valence-corrected chi connectivity index (χ3v) is 5.39. The van der Waals surface area contributed by atoms with Crippen LogP contribution in [-0.4, -0.2) is 66.7 Å². The second kappa shape index (κ2) is 7.21. The predicted molar refractivity (Wildman–Crippen MR) is 83.0 cm³/mol. The van der Waals surface area contributed by atoms with E-state index in [1.165, 1.54) is 4.90 Å². The van der Waals surface area contributed by atoms with Gasteiger partial charge in [0.2, 0.25) is 5.92 Å². The molecule has 1 unspecified atom stereocenters. The van der Waals surface area contributed by atoms with Crippen LogP contribution < -0.4 is 5.32 Å². The smallest absolute Gasteiger partial charge is 0.359 e. The number of rotatable bonds is 1. The molecule has 0 aromatic carbocycles. The van der Waals surface area contributed by atoms with Crippen molar-refractivity contribution in [2.75, 3.05) is 32.7 Å². The van der Waals surface area contributed by atoms with E-state index in [2.05, 4.69) is 5.32 Å². The van der Waals surface area contributed by atoms with E-state index >= 15 is 0 Å². The quantitative estimate of drug-likeness (QED) is 0.742. The Labute approximate surface area is 140 Å². The third-order valence-electron chi connectivity index (χ3n) is 5.39. The Hall–Kier alpha value is -1.44. The lowest BCUT2D eigenvalue weighted by Gasteiger charge is -2.36. The summed E-state index contributed by atoms with van der Waals surface area (Å²) in [6.07, 6.45) is 1.01. The Morgan fingerprint density at radius 2 is 1.67 bits per heavy atom. The van der Waals surface area contributed by atoms with Crippen LogP contribution in [0.2, 0.25) is 0 Å². The van der Waals surface area contributed by atoms with Gasteiger partial charge in [0.15, 0.2) is 0 Å². The van der Waals surface area contributed by atoms with Crippen molar-refractivity contribution in [1.29, 1.82) is 0 Å². The summed E-state index contributed by atoms with van der Waals surface area (Å²) in [5.74, 6) is -2.49. The van der Waals surface area contributed by atoms with E-state index in [0.29, 0.717) is 45.6 Å². The molecule has 1 saturated carbocycles. The van der Waals surface area contributed by atoms with Crippen molar-refractivity contribution in [3.8, 4) is 0 Å². The van der Waals surface area contributed by atoms with Crippen molar-refractivity contribution in [3.63, 3.8) is 0 Å². The lowest BCUT2D eigenvalue weighted by Crippen LogP contribution is -2.49. The van der Waals surface area contributed by atoms with Gasteiger partial charge in [-0.05, 0) is 31.6 Å². The molecule has 3 fully saturated rings. The maximum Gasteiger partial charge on any atom is 0.419 e. The molecule has 8 heteroatoms. The molecule has 0 aromatic rings. The summed E-state index contributed by atoms with van der Waals surface area (Å²) in [7, 11) is 0. The number of likely N-dealkylation sites (tertiary alicyclic amines) is 1. The van der Waals surface area contributed by atoms with Gasteiger partial charge in [-0.25, -0.2) is 18.4 Å². The van der Waals surface area contributed by atoms with Crippen LogP contribution in [0.5, 0.6) is 0 Å². The molecule has 0 radical (unpaired) electrons. The molecule has 2 aliphatic heterocycles. The average Bonchev–Trinajstić information content (AvgIpc) is 3.05. The van der Waals surface area contributed by atoms with Crippen LogP contribution in [0.3, 0.4) is 0 Å². The average molecular weight is 345 g/mol. The van der Waals surface area contributed by atoms with Gasteiger partial charge < -0.3 is 19.9 Å². The number of amides is 2. The standard InChI is InChI=1S/C16H25F2N3O3/c17-16(18)5-3-12(4-6-16)13-2-1-9-21(13)15(23)24-14(22)20-10-7-19-8-11-20/h12-13,19H,1-11H2. The molecule has 3 aliphatic rings. The molecule has 0 aromatic heterocycles. The molecule has 2 heterocycles. The van der Waals surface area contributed by atoms with E-state index in [9.17, 15) is 18.4 Å². The highest BCUT2D eigenvalue weighted by Crippen LogP contribution is 2.41. The Morgan fingerprint density at radius 3 is 2.33 bits per heavy atom. The van der Waals surface area contributed by atoms with E-state index in [4.69, 9.17) is 4.74 Å². The summed E-state index contributed by atoms with van der Waals surface area (Å²) in [6.45, 7) is 2.95. The van der Waals surface area contributed by atoms with E-state index in [-0.39, 0.29) is 24.8 Å². The minimum atomic E-state index is -2.57. The maximum atomic E-state index is 13.3. The maximum absolute atomic E-state index is 13.3. The summed E-state index contributed by atoms with van der Waals surface area (Å²) in [5, 5.41) is 3.13. The summed E-state index contributed by atoms with van der Waals surface area (Å²) in [5.41, 5.74) is 0. The van der Waals surface area contributed by atoms with E-state index in [1.54, 1.807) is 4.90 Å². The van der Waals surface area contributed by atoms with Crippen LogP contribution in [0.25, 0.3) is 0 Å². The topological polar surface area (TPSA) is 61.9 Å². The van der Waals surface area contributed by atoms with Crippen LogP contribution in [0.4, 0.5) is 18.4 Å². The number of hydrogen-bond acceptors (Lipinski definition) is 4. The fourth-order valence-corrected chi connectivity index (χ4v) is 4.00. The van der Waals surface area contributed by atoms with Crippen molar-refractivity contribution < 1.29 is 23.1 Å². The van der Waals surface area contributed by atoms with Gasteiger partial charge >= 0.3 is 12.2 Å². The predicted octanol–water partition coefficient (Wildman–Crippen LogP) is 2.44. The number of hydrogen-bond donors (Lipinski definition) is 1. The summed E-state index contributed by atoms with van der Waals surface area (Å²) in [4.78, 5) is 27.5. The van der Waals surface area contributed by atoms with Crippen molar-refractivity contribution in [3.05, 3.63) is 0 Å². The molecule has 2 saturated heterocycles. The second-order valence-electron chi connectivity index (χ2n) is 6.97. The lowest BCUT2D eigenvalue weighted by molar-refractivity contribution is -0.0530. The first kappa shape index (κ1) is 17.4. The monoisotopic (exact) mass is 345 g/mol. The summed E-state index contributed by atoms with van der Waals surface area (Å²) >= 11 is 0. The highest BCUT2D eigenvalue weighted by atomic mass is 19.3. The number of halogens is 2. The molecule has 1 atom stereocenters. The number of alkyl halides is 2.